The number of piperazine rings is 1. The summed E-state index contributed by atoms with van der Waals surface area (Å²) in [5, 5.41) is 1.47. The standard InChI is InChI=1S/C20H24F2N2O4S/c1-20(2,3)28-19(25)24-8-6-23(7-9-24)17-13-18(16(22)12-15(17)21)27-14-4-10-29(26)11-5-14/h4-5,10,12-13H,6-9,11H2,1-3H3. The van der Waals surface area contributed by atoms with Crippen LogP contribution in [-0.2, 0) is 15.9 Å². The van der Waals surface area contributed by atoms with Crippen molar-refractivity contribution in [2.45, 2.75) is 26.4 Å². The van der Waals surface area contributed by atoms with Gasteiger partial charge in [0.1, 0.15) is 28.3 Å². The van der Waals surface area contributed by atoms with Gasteiger partial charge in [-0.3, -0.25) is 0 Å². The molecule has 158 valence electrons. The molecule has 0 aromatic heterocycles. The smallest absolute Gasteiger partial charge is 0.410 e. The second kappa shape index (κ2) is 8.62. The third-order valence-electron chi connectivity index (χ3n) is 4.33. The van der Waals surface area contributed by atoms with E-state index in [1.807, 2.05) is 0 Å². The van der Waals surface area contributed by atoms with Crippen molar-refractivity contribution >= 4 is 23.0 Å². The normalized spacial score (nSPS) is 19.8. The average molecular weight is 426 g/mol. The summed E-state index contributed by atoms with van der Waals surface area (Å²) in [6, 6.07) is 2.10. The van der Waals surface area contributed by atoms with E-state index in [2.05, 4.69) is 0 Å². The van der Waals surface area contributed by atoms with Crippen molar-refractivity contribution in [2.75, 3.05) is 36.8 Å². The second-order valence-electron chi connectivity index (χ2n) is 7.75. The van der Waals surface area contributed by atoms with E-state index in [4.69, 9.17) is 9.47 Å². The van der Waals surface area contributed by atoms with Gasteiger partial charge < -0.3 is 23.8 Å². The Morgan fingerprint density at radius 3 is 2.41 bits per heavy atom. The largest absolute Gasteiger partial charge is 0.612 e. The first kappa shape index (κ1) is 21.4. The first-order chi connectivity index (χ1) is 13.6. The lowest BCUT2D eigenvalue weighted by molar-refractivity contribution is 0.0240. The molecule has 29 heavy (non-hydrogen) atoms. The number of anilines is 1. The van der Waals surface area contributed by atoms with E-state index in [9.17, 15) is 18.1 Å². The fourth-order valence-electron chi connectivity index (χ4n) is 2.93. The van der Waals surface area contributed by atoms with Gasteiger partial charge in [-0.05, 0) is 31.9 Å². The van der Waals surface area contributed by atoms with Crippen LogP contribution in [0.2, 0.25) is 0 Å². The Hall–Kier alpha value is -2.26. The van der Waals surface area contributed by atoms with Crippen LogP contribution in [0.25, 0.3) is 0 Å². The lowest BCUT2D eigenvalue weighted by atomic mass is 10.2. The number of carbonyl (C=O) groups excluding carboxylic acids is 1. The van der Waals surface area contributed by atoms with Gasteiger partial charge in [0.15, 0.2) is 11.6 Å². The lowest BCUT2D eigenvalue weighted by Gasteiger charge is -2.37. The molecule has 9 heteroatoms. The maximum Gasteiger partial charge on any atom is 0.410 e. The van der Waals surface area contributed by atoms with E-state index < -0.39 is 34.5 Å². The summed E-state index contributed by atoms with van der Waals surface area (Å²) in [5.41, 5.74) is -0.382. The first-order valence-electron chi connectivity index (χ1n) is 9.28. The molecule has 3 rings (SSSR count). The SMILES string of the molecule is CC(C)(C)OC(=O)N1CCN(c2cc(OC3=CC[S+]([O-])C=C3)c(F)cc2F)CC1. The van der Waals surface area contributed by atoms with Crippen molar-refractivity contribution in [3.8, 4) is 5.75 Å². The fourth-order valence-corrected chi connectivity index (χ4v) is 3.65. The fraction of sp³-hybridized carbons (Fsp3) is 0.450. The number of amides is 1. The lowest BCUT2D eigenvalue weighted by Crippen LogP contribution is -2.50. The summed E-state index contributed by atoms with van der Waals surface area (Å²) in [4.78, 5) is 15.5. The molecule has 0 radical (unpaired) electrons. The molecule has 0 bridgehead atoms. The molecule has 1 amide bonds. The molecule has 6 nitrogen and oxygen atoms in total. The summed E-state index contributed by atoms with van der Waals surface area (Å²) in [6.07, 6.45) is 2.69. The molecule has 2 heterocycles. The highest BCUT2D eigenvalue weighted by atomic mass is 32.2. The molecule has 1 atom stereocenters. The third-order valence-corrected chi connectivity index (χ3v) is 5.27. The van der Waals surface area contributed by atoms with Gasteiger partial charge in [-0.1, -0.05) is 0 Å². The molecule has 1 aromatic carbocycles. The summed E-state index contributed by atoms with van der Waals surface area (Å²) >= 11 is -1.09. The molecule has 0 spiro atoms. The van der Waals surface area contributed by atoms with Crippen LogP contribution >= 0.6 is 0 Å². The van der Waals surface area contributed by atoms with Crippen LogP contribution in [0.4, 0.5) is 19.3 Å². The zero-order valence-electron chi connectivity index (χ0n) is 16.6. The van der Waals surface area contributed by atoms with Gasteiger partial charge in [0, 0.05) is 50.5 Å². The summed E-state index contributed by atoms with van der Waals surface area (Å²) < 4.78 is 50.8. The zero-order chi connectivity index (χ0) is 21.2. The van der Waals surface area contributed by atoms with Crippen molar-refractivity contribution in [1.29, 1.82) is 0 Å². The van der Waals surface area contributed by atoms with Crippen LogP contribution in [0.5, 0.6) is 5.75 Å². The topological polar surface area (TPSA) is 65.1 Å². The van der Waals surface area contributed by atoms with Crippen molar-refractivity contribution in [3.05, 3.63) is 47.1 Å². The number of halogens is 2. The number of hydrogen-bond donors (Lipinski definition) is 0. The number of hydrogen-bond acceptors (Lipinski definition) is 5. The predicted octanol–water partition coefficient (Wildman–Crippen LogP) is 3.56. The van der Waals surface area contributed by atoms with Gasteiger partial charge in [0.25, 0.3) is 0 Å². The number of rotatable bonds is 3. The van der Waals surface area contributed by atoms with Crippen molar-refractivity contribution < 1.29 is 27.6 Å². The van der Waals surface area contributed by atoms with Gasteiger partial charge >= 0.3 is 6.09 Å². The number of benzene rings is 1. The maximum absolute atomic E-state index is 14.4. The van der Waals surface area contributed by atoms with Gasteiger partial charge in [0.2, 0.25) is 0 Å². The van der Waals surface area contributed by atoms with E-state index in [1.165, 1.54) is 17.6 Å². The van der Waals surface area contributed by atoms with E-state index in [0.29, 0.717) is 31.9 Å². The molecule has 1 unspecified atom stereocenters. The minimum absolute atomic E-state index is 0.112. The Kier molecular flexibility index (Phi) is 6.38. The van der Waals surface area contributed by atoms with Crippen LogP contribution in [0.3, 0.4) is 0 Å². The number of allylic oxidation sites excluding steroid dienone is 1. The monoisotopic (exact) mass is 426 g/mol. The third kappa shape index (κ3) is 5.63. The molecule has 0 N–H and O–H groups in total. The van der Waals surface area contributed by atoms with Crippen molar-refractivity contribution in [2.24, 2.45) is 0 Å². The quantitative estimate of drug-likeness (QED) is 0.692. The molecule has 0 aliphatic carbocycles. The summed E-state index contributed by atoms with van der Waals surface area (Å²) in [7, 11) is 0. The average Bonchev–Trinajstić information content (AvgIpc) is 2.64. The van der Waals surface area contributed by atoms with Gasteiger partial charge in [-0.25, -0.2) is 13.6 Å². The molecule has 1 saturated heterocycles. The van der Waals surface area contributed by atoms with E-state index >= 15 is 0 Å². The maximum atomic E-state index is 14.4. The molecule has 2 aliphatic heterocycles. The molecule has 2 aliphatic rings. The van der Waals surface area contributed by atoms with Crippen LogP contribution < -0.4 is 9.64 Å². The highest BCUT2D eigenvalue weighted by Gasteiger charge is 2.27. The van der Waals surface area contributed by atoms with Gasteiger partial charge in [-0.15, -0.1) is 0 Å². The molecule has 1 fully saturated rings. The highest BCUT2D eigenvalue weighted by molar-refractivity contribution is 7.94. The predicted molar refractivity (Wildman–Crippen MR) is 107 cm³/mol. The number of carbonyl (C=O) groups is 1. The van der Waals surface area contributed by atoms with E-state index in [0.717, 1.165) is 6.07 Å². The van der Waals surface area contributed by atoms with Crippen LogP contribution in [0.15, 0.2) is 35.5 Å². The Bertz CT molecular complexity index is 831. The van der Waals surface area contributed by atoms with Crippen molar-refractivity contribution in [3.63, 3.8) is 0 Å². The highest BCUT2D eigenvalue weighted by Crippen LogP contribution is 2.31. The number of ether oxygens (including phenoxy) is 2. The van der Waals surface area contributed by atoms with Crippen LogP contribution in [0.1, 0.15) is 20.8 Å². The van der Waals surface area contributed by atoms with Crippen LogP contribution in [-0.4, -0.2) is 53.1 Å². The van der Waals surface area contributed by atoms with E-state index in [1.54, 1.807) is 36.6 Å². The molecular weight excluding hydrogens is 402 g/mol. The van der Waals surface area contributed by atoms with E-state index in [-0.39, 0.29) is 17.2 Å². The van der Waals surface area contributed by atoms with Gasteiger partial charge in [-0.2, -0.15) is 0 Å². The Morgan fingerprint density at radius 1 is 1.14 bits per heavy atom. The van der Waals surface area contributed by atoms with Crippen LogP contribution in [0, 0.1) is 11.6 Å². The van der Waals surface area contributed by atoms with Crippen molar-refractivity contribution in [1.82, 2.24) is 4.90 Å². The Labute approximate surface area is 171 Å². The number of nitrogens with zero attached hydrogens (tertiary/aromatic N) is 2. The summed E-state index contributed by atoms with van der Waals surface area (Å²) in [5.74, 6) is -0.987. The Balaban J connectivity index is 1.68. The Morgan fingerprint density at radius 2 is 1.83 bits per heavy atom. The van der Waals surface area contributed by atoms with Gasteiger partial charge in [0.05, 0.1) is 5.69 Å². The minimum atomic E-state index is -1.09. The second-order valence-corrected chi connectivity index (χ2v) is 9.11. The first-order valence-corrected chi connectivity index (χ1v) is 10.7. The molecule has 0 saturated carbocycles. The summed E-state index contributed by atoms with van der Waals surface area (Å²) in [6.45, 7) is 6.87. The molecular formula is C20H24F2N2O4S. The molecule has 1 aromatic rings. The zero-order valence-corrected chi connectivity index (χ0v) is 17.4. The minimum Gasteiger partial charge on any atom is -0.612 e.